The summed E-state index contributed by atoms with van der Waals surface area (Å²) < 4.78 is 5.08. The van der Waals surface area contributed by atoms with E-state index >= 15 is 0 Å². The Bertz CT molecular complexity index is 963. The van der Waals surface area contributed by atoms with Crippen molar-refractivity contribution in [1.29, 1.82) is 0 Å². The summed E-state index contributed by atoms with van der Waals surface area (Å²) in [6.45, 7) is 0. The van der Waals surface area contributed by atoms with Crippen molar-refractivity contribution < 1.29 is 14.3 Å². The second-order valence-electron chi connectivity index (χ2n) is 5.99. The number of nitrogens with one attached hydrogen (secondary N) is 2. The highest BCUT2D eigenvalue weighted by Gasteiger charge is 2.06. The largest absolute Gasteiger partial charge is 0.497 e. The number of hydrogen-bond acceptors (Lipinski definition) is 3. The Morgan fingerprint density at radius 3 is 2.07 bits per heavy atom. The number of ether oxygens (including phenoxy) is 1. The van der Waals surface area contributed by atoms with Gasteiger partial charge in [-0.3, -0.25) is 20.4 Å². The van der Waals surface area contributed by atoms with Crippen LogP contribution in [-0.4, -0.2) is 18.9 Å². The van der Waals surface area contributed by atoms with Crippen molar-refractivity contribution >= 4 is 17.9 Å². The first-order chi connectivity index (χ1) is 13.7. The standard InChI is InChI=1S/C23H20N2O3/c1-28-21-14-7-17(8-15-21)9-16-22(26)24-25-23(27)20-12-10-19(11-13-20)18-5-3-2-4-6-18/h2-16H,1H3,(H,24,26)(H,25,27). The molecule has 0 atom stereocenters. The molecule has 0 bridgehead atoms. The molecule has 0 radical (unpaired) electrons. The Kier molecular flexibility index (Phi) is 6.21. The van der Waals surface area contributed by atoms with Crippen molar-refractivity contribution in [3.8, 4) is 16.9 Å². The van der Waals surface area contributed by atoms with Crippen LogP contribution >= 0.6 is 0 Å². The lowest BCUT2D eigenvalue weighted by atomic mass is 10.0. The van der Waals surface area contributed by atoms with Crippen molar-refractivity contribution in [1.82, 2.24) is 10.9 Å². The lowest BCUT2D eigenvalue weighted by molar-refractivity contribution is -0.117. The normalized spacial score (nSPS) is 10.5. The van der Waals surface area contributed by atoms with Crippen LogP contribution in [-0.2, 0) is 4.79 Å². The fourth-order valence-electron chi connectivity index (χ4n) is 2.56. The third-order valence-electron chi connectivity index (χ3n) is 4.10. The highest BCUT2D eigenvalue weighted by molar-refractivity contribution is 5.98. The van der Waals surface area contributed by atoms with Gasteiger partial charge in [-0.25, -0.2) is 0 Å². The van der Waals surface area contributed by atoms with Gasteiger partial charge in [-0.1, -0.05) is 54.6 Å². The van der Waals surface area contributed by atoms with Crippen molar-refractivity contribution in [3.05, 3.63) is 96.1 Å². The second-order valence-corrected chi connectivity index (χ2v) is 5.99. The Balaban J connectivity index is 1.53. The van der Waals surface area contributed by atoms with E-state index in [0.717, 1.165) is 22.4 Å². The Morgan fingerprint density at radius 2 is 1.43 bits per heavy atom. The number of rotatable bonds is 5. The van der Waals surface area contributed by atoms with E-state index in [-0.39, 0.29) is 5.91 Å². The third-order valence-corrected chi connectivity index (χ3v) is 4.10. The zero-order valence-electron chi connectivity index (χ0n) is 15.4. The Morgan fingerprint density at radius 1 is 0.786 bits per heavy atom. The quantitative estimate of drug-likeness (QED) is 0.528. The van der Waals surface area contributed by atoms with E-state index in [9.17, 15) is 9.59 Å². The molecule has 5 heteroatoms. The van der Waals surface area contributed by atoms with Crippen molar-refractivity contribution in [2.45, 2.75) is 0 Å². The fourth-order valence-corrected chi connectivity index (χ4v) is 2.56. The van der Waals surface area contributed by atoms with E-state index in [0.29, 0.717) is 5.56 Å². The molecule has 0 unspecified atom stereocenters. The molecule has 0 aliphatic carbocycles. The smallest absolute Gasteiger partial charge is 0.269 e. The van der Waals surface area contributed by atoms with Gasteiger partial charge in [-0.15, -0.1) is 0 Å². The van der Waals surface area contributed by atoms with Crippen LogP contribution < -0.4 is 15.6 Å². The van der Waals surface area contributed by atoms with Gasteiger partial charge in [0.05, 0.1) is 7.11 Å². The molecule has 3 rings (SSSR count). The lowest BCUT2D eigenvalue weighted by Crippen LogP contribution is -2.40. The SMILES string of the molecule is COc1ccc(C=CC(=O)NNC(=O)c2ccc(-c3ccccc3)cc2)cc1. The molecule has 5 nitrogen and oxygen atoms in total. The summed E-state index contributed by atoms with van der Waals surface area (Å²) in [6.07, 6.45) is 3.00. The monoisotopic (exact) mass is 372 g/mol. The summed E-state index contributed by atoms with van der Waals surface area (Å²) in [5.41, 5.74) is 8.17. The average Bonchev–Trinajstić information content (AvgIpc) is 2.77. The summed E-state index contributed by atoms with van der Waals surface area (Å²) in [7, 11) is 1.59. The fraction of sp³-hybridized carbons (Fsp3) is 0.0435. The molecule has 0 aromatic heterocycles. The minimum Gasteiger partial charge on any atom is -0.497 e. The molecule has 3 aromatic carbocycles. The predicted molar refractivity (Wildman–Crippen MR) is 110 cm³/mol. The van der Waals surface area contributed by atoms with Gasteiger partial charge < -0.3 is 4.74 Å². The van der Waals surface area contributed by atoms with Gasteiger partial charge in [0.15, 0.2) is 0 Å². The average molecular weight is 372 g/mol. The number of methoxy groups -OCH3 is 1. The summed E-state index contributed by atoms with van der Waals surface area (Å²) in [5.74, 6) is -0.0666. The molecule has 0 saturated carbocycles. The molecule has 0 heterocycles. The molecule has 28 heavy (non-hydrogen) atoms. The van der Waals surface area contributed by atoms with E-state index in [1.807, 2.05) is 54.6 Å². The molecule has 2 N–H and O–H groups in total. The first-order valence-corrected chi connectivity index (χ1v) is 8.73. The highest BCUT2D eigenvalue weighted by Crippen LogP contribution is 2.19. The van der Waals surface area contributed by atoms with Gasteiger partial charge in [0.2, 0.25) is 0 Å². The molecule has 3 aromatic rings. The number of carbonyl (C=O) groups excluding carboxylic acids is 2. The maximum atomic E-state index is 12.2. The van der Waals surface area contributed by atoms with Crippen LogP contribution in [0.2, 0.25) is 0 Å². The highest BCUT2D eigenvalue weighted by atomic mass is 16.5. The maximum Gasteiger partial charge on any atom is 0.269 e. The predicted octanol–water partition coefficient (Wildman–Crippen LogP) is 3.84. The molecule has 0 fully saturated rings. The van der Waals surface area contributed by atoms with Crippen LogP contribution in [0.4, 0.5) is 0 Å². The Labute approximate surface area is 163 Å². The van der Waals surface area contributed by atoms with Gasteiger partial charge in [0.25, 0.3) is 11.8 Å². The molecular weight excluding hydrogens is 352 g/mol. The van der Waals surface area contributed by atoms with Crippen LogP contribution in [0, 0.1) is 0 Å². The van der Waals surface area contributed by atoms with Gasteiger partial charge in [0.1, 0.15) is 5.75 Å². The van der Waals surface area contributed by atoms with E-state index in [1.54, 1.807) is 37.5 Å². The molecule has 0 saturated heterocycles. The van der Waals surface area contributed by atoms with E-state index < -0.39 is 5.91 Å². The minimum atomic E-state index is -0.426. The van der Waals surface area contributed by atoms with Gasteiger partial charge in [-0.2, -0.15) is 0 Å². The van der Waals surface area contributed by atoms with E-state index in [2.05, 4.69) is 10.9 Å². The molecule has 0 aliphatic rings. The number of hydrazine groups is 1. The Hall–Kier alpha value is -3.86. The zero-order valence-corrected chi connectivity index (χ0v) is 15.4. The first-order valence-electron chi connectivity index (χ1n) is 8.73. The maximum absolute atomic E-state index is 12.2. The number of benzene rings is 3. The first kappa shape index (κ1) is 18.9. The molecule has 140 valence electrons. The summed E-state index contributed by atoms with van der Waals surface area (Å²) in [4.78, 5) is 24.1. The van der Waals surface area contributed by atoms with Crippen LogP contribution in [0.1, 0.15) is 15.9 Å². The number of carbonyl (C=O) groups is 2. The molecule has 0 aliphatic heterocycles. The lowest BCUT2D eigenvalue weighted by Gasteiger charge is -2.07. The van der Waals surface area contributed by atoms with Gasteiger partial charge in [-0.05, 0) is 47.0 Å². The summed E-state index contributed by atoms with van der Waals surface area (Å²) >= 11 is 0. The van der Waals surface area contributed by atoms with Crippen molar-refractivity contribution in [2.75, 3.05) is 7.11 Å². The third kappa shape index (κ3) is 5.08. The topological polar surface area (TPSA) is 67.4 Å². The van der Waals surface area contributed by atoms with E-state index in [4.69, 9.17) is 4.74 Å². The number of amides is 2. The summed E-state index contributed by atoms with van der Waals surface area (Å²) in [6, 6.07) is 24.3. The van der Waals surface area contributed by atoms with Gasteiger partial charge in [0, 0.05) is 11.6 Å². The van der Waals surface area contributed by atoms with Crippen molar-refractivity contribution in [2.24, 2.45) is 0 Å². The van der Waals surface area contributed by atoms with Gasteiger partial charge >= 0.3 is 0 Å². The molecule has 2 amide bonds. The van der Waals surface area contributed by atoms with Crippen molar-refractivity contribution in [3.63, 3.8) is 0 Å². The second kappa shape index (κ2) is 9.19. The van der Waals surface area contributed by atoms with Crippen LogP contribution in [0.15, 0.2) is 84.9 Å². The van der Waals surface area contributed by atoms with Crippen LogP contribution in [0.3, 0.4) is 0 Å². The van der Waals surface area contributed by atoms with Crippen LogP contribution in [0.5, 0.6) is 5.75 Å². The minimum absolute atomic E-state index is 0.384. The molecular formula is C23H20N2O3. The van der Waals surface area contributed by atoms with E-state index in [1.165, 1.54) is 6.08 Å². The zero-order chi connectivity index (χ0) is 19.8. The molecule has 0 spiro atoms. The number of hydrogen-bond donors (Lipinski definition) is 2. The van der Waals surface area contributed by atoms with Crippen LogP contribution in [0.25, 0.3) is 17.2 Å². The summed E-state index contributed by atoms with van der Waals surface area (Å²) in [5, 5.41) is 0.